The van der Waals surface area contributed by atoms with E-state index in [1.54, 1.807) is 0 Å². The molecule has 2 aromatic carbocycles. The van der Waals surface area contributed by atoms with Crippen LogP contribution in [-0.2, 0) is 11.3 Å². The highest BCUT2D eigenvalue weighted by Gasteiger charge is 2.24. The maximum absolute atomic E-state index is 12.8. The Morgan fingerprint density at radius 2 is 1.80 bits per heavy atom. The van der Waals surface area contributed by atoms with Gasteiger partial charge in [-0.25, -0.2) is 9.97 Å². The molecule has 1 aliphatic heterocycles. The van der Waals surface area contributed by atoms with E-state index in [4.69, 9.17) is 0 Å². The number of aromatic nitrogens is 2. The van der Waals surface area contributed by atoms with Crippen LogP contribution in [0, 0.1) is 6.92 Å². The van der Waals surface area contributed by atoms with Crippen molar-refractivity contribution in [2.75, 3.05) is 13.1 Å². The highest BCUT2D eigenvalue weighted by Crippen LogP contribution is 2.28. The molecule has 30 heavy (non-hydrogen) atoms. The van der Waals surface area contributed by atoms with E-state index in [9.17, 15) is 4.79 Å². The molecule has 0 saturated carbocycles. The fourth-order valence-corrected chi connectivity index (χ4v) is 4.86. The van der Waals surface area contributed by atoms with Crippen LogP contribution in [0.5, 0.6) is 0 Å². The molecule has 5 nitrogen and oxygen atoms in total. The summed E-state index contributed by atoms with van der Waals surface area (Å²) in [6.45, 7) is 6.85. The van der Waals surface area contributed by atoms with Crippen molar-refractivity contribution in [3.05, 3.63) is 66.0 Å². The second-order valence-electron chi connectivity index (χ2n) is 7.90. The van der Waals surface area contributed by atoms with Gasteiger partial charge in [-0.05, 0) is 38.3 Å². The number of nitrogens with zero attached hydrogens (tertiary/aromatic N) is 3. The van der Waals surface area contributed by atoms with Crippen LogP contribution in [0.15, 0.2) is 59.6 Å². The van der Waals surface area contributed by atoms with Gasteiger partial charge >= 0.3 is 0 Å². The molecule has 1 fully saturated rings. The van der Waals surface area contributed by atoms with Crippen LogP contribution in [0.4, 0.5) is 0 Å². The number of piperidine rings is 1. The predicted octanol–water partition coefficient (Wildman–Crippen LogP) is 4.20. The van der Waals surface area contributed by atoms with Crippen molar-refractivity contribution in [3.8, 4) is 0 Å². The third-order valence-electron chi connectivity index (χ3n) is 5.52. The highest BCUT2D eigenvalue weighted by molar-refractivity contribution is 8.00. The number of rotatable bonds is 6. The van der Waals surface area contributed by atoms with E-state index in [1.165, 1.54) is 17.3 Å². The van der Waals surface area contributed by atoms with Gasteiger partial charge in [-0.3, -0.25) is 9.69 Å². The molecule has 0 aliphatic carbocycles. The first kappa shape index (κ1) is 20.8. The zero-order chi connectivity index (χ0) is 20.9. The standard InChI is InChI=1S/C24H28N4OS/c1-17(30-24-21-10-6-7-11-22(21)25-18(2)26-24)23(29)27-20-12-14-28(15-13-20)16-19-8-4-3-5-9-19/h3-11,17,20H,12-16H2,1-2H3,(H,27,29). The Hall–Kier alpha value is -2.44. The van der Waals surface area contributed by atoms with E-state index in [2.05, 4.69) is 50.5 Å². The van der Waals surface area contributed by atoms with Crippen molar-refractivity contribution < 1.29 is 4.79 Å². The number of benzene rings is 2. The number of aryl methyl sites for hydroxylation is 1. The summed E-state index contributed by atoms with van der Waals surface area (Å²) >= 11 is 1.51. The summed E-state index contributed by atoms with van der Waals surface area (Å²) in [4.78, 5) is 24.4. The molecule has 1 unspecified atom stereocenters. The van der Waals surface area contributed by atoms with Crippen LogP contribution in [0.1, 0.15) is 31.2 Å². The predicted molar refractivity (Wildman–Crippen MR) is 122 cm³/mol. The van der Waals surface area contributed by atoms with Gasteiger partial charge in [0.2, 0.25) is 5.91 Å². The maximum atomic E-state index is 12.8. The Labute approximate surface area is 182 Å². The fraction of sp³-hybridized carbons (Fsp3) is 0.375. The minimum Gasteiger partial charge on any atom is -0.352 e. The monoisotopic (exact) mass is 420 g/mol. The molecule has 1 atom stereocenters. The number of thioether (sulfide) groups is 1. The summed E-state index contributed by atoms with van der Waals surface area (Å²) in [6.07, 6.45) is 1.98. The quantitative estimate of drug-likeness (QED) is 0.478. The van der Waals surface area contributed by atoms with E-state index < -0.39 is 0 Å². The SMILES string of the molecule is Cc1nc(SC(C)C(=O)NC2CCN(Cc3ccccc3)CC2)c2ccccc2n1. The maximum Gasteiger partial charge on any atom is 0.233 e. The van der Waals surface area contributed by atoms with Gasteiger partial charge in [-0.1, -0.05) is 60.3 Å². The molecular formula is C24H28N4OS. The summed E-state index contributed by atoms with van der Waals surface area (Å²) in [5, 5.41) is 4.93. The topological polar surface area (TPSA) is 58.1 Å². The lowest BCUT2D eigenvalue weighted by Crippen LogP contribution is -2.46. The van der Waals surface area contributed by atoms with Crippen molar-refractivity contribution >= 4 is 28.6 Å². The minimum absolute atomic E-state index is 0.0851. The lowest BCUT2D eigenvalue weighted by molar-refractivity contribution is -0.121. The van der Waals surface area contributed by atoms with Crippen molar-refractivity contribution in [1.82, 2.24) is 20.2 Å². The third-order valence-corrected chi connectivity index (χ3v) is 6.62. The Morgan fingerprint density at radius 3 is 2.57 bits per heavy atom. The van der Waals surface area contributed by atoms with Crippen LogP contribution >= 0.6 is 11.8 Å². The molecule has 3 aromatic rings. The highest BCUT2D eigenvalue weighted by atomic mass is 32.2. The van der Waals surface area contributed by atoms with Gasteiger partial charge in [-0.15, -0.1) is 0 Å². The number of amides is 1. The fourth-order valence-electron chi connectivity index (χ4n) is 3.86. The molecule has 1 aliphatic rings. The molecule has 156 valence electrons. The van der Waals surface area contributed by atoms with Crippen LogP contribution in [0.3, 0.4) is 0 Å². The number of hydrogen-bond acceptors (Lipinski definition) is 5. The van der Waals surface area contributed by atoms with E-state index in [0.29, 0.717) is 0 Å². The van der Waals surface area contributed by atoms with Gasteiger partial charge in [0.15, 0.2) is 0 Å². The number of hydrogen-bond donors (Lipinski definition) is 1. The van der Waals surface area contributed by atoms with Crippen molar-refractivity contribution in [3.63, 3.8) is 0 Å². The zero-order valence-electron chi connectivity index (χ0n) is 17.5. The smallest absolute Gasteiger partial charge is 0.233 e. The zero-order valence-corrected chi connectivity index (χ0v) is 18.4. The number of para-hydroxylation sites is 1. The first-order chi connectivity index (χ1) is 14.6. The second kappa shape index (κ2) is 9.58. The number of carbonyl (C=O) groups is 1. The second-order valence-corrected chi connectivity index (χ2v) is 9.23. The van der Waals surface area contributed by atoms with E-state index >= 15 is 0 Å². The summed E-state index contributed by atoms with van der Waals surface area (Å²) in [5.41, 5.74) is 2.27. The van der Waals surface area contributed by atoms with Gasteiger partial charge in [0.05, 0.1) is 10.8 Å². The van der Waals surface area contributed by atoms with Crippen molar-refractivity contribution in [1.29, 1.82) is 0 Å². The van der Waals surface area contributed by atoms with Crippen LogP contribution in [-0.4, -0.2) is 45.2 Å². The first-order valence-corrected chi connectivity index (χ1v) is 11.4. The largest absolute Gasteiger partial charge is 0.352 e. The number of carbonyl (C=O) groups excluding carboxylic acids is 1. The van der Waals surface area contributed by atoms with Crippen LogP contribution in [0.2, 0.25) is 0 Å². The lowest BCUT2D eigenvalue weighted by atomic mass is 10.0. The lowest BCUT2D eigenvalue weighted by Gasteiger charge is -2.32. The Morgan fingerprint density at radius 1 is 1.10 bits per heavy atom. The van der Waals surface area contributed by atoms with Crippen molar-refractivity contribution in [2.24, 2.45) is 0 Å². The first-order valence-electron chi connectivity index (χ1n) is 10.5. The normalized spacial score (nSPS) is 16.5. The molecule has 4 rings (SSSR count). The third kappa shape index (κ3) is 5.18. The molecule has 1 amide bonds. The molecule has 1 N–H and O–H groups in total. The molecule has 1 aromatic heterocycles. The van der Waals surface area contributed by atoms with Gasteiger partial charge in [0.25, 0.3) is 0 Å². The molecule has 1 saturated heterocycles. The van der Waals surface area contributed by atoms with Gasteiger partial charge in [0, 0.05) is 31.1 Å². The Bertz CT molecular complexity index is 1000. The van der Waals surface area contributed by atoms with Crippen LogP contribution < -0.4 is 5.32 Å². The average Bonchev–Trinajstić information content (AvgIpc) is 2.75. The molecule has 2 heterocycles. The summed E-state index contributed by atoms with van der Waals surface area (Å²) in [6, 6.07) is 18.8. The van der Waals surface area contributed by atoms with E-state index in [-0.39, 0.29) is 17.2 Å². The van der Waals surface area contributed by atoms with Crippen LogP contribution in [0.25, 0.3) is 10.9 Å². The van der Waals surface area contributed by atoms with E-state index in [0.717, 1.165) is 54.2 Å². The molecule has 6 heteroatoms. The molecule has 0 spiro atoms. The summed E-state index contributed by atoms with van der Waals surface area (Å²) < 4.78 is 0. The van der Waals surface area contributed by atoms with E-state index in [1.807, 2.05) is 38.1 Å². The summed E-state index contributed by atoms with van der Waals surface area (Å²) in [7, 11) is 0. The molecule has 0 bridgehead atoms. The number of fused-ring (bicyclic) bond motifs is 1. The van der Waals surface area contributed by atoms with Gasteiger partial charge < -0.3 is 5.32 Å². The van der Waals surface area contributed by atoms with Crippen molar-refractivity contribution in [2.45, 2.75) is 49.6 Å². The molecular weight excluding hydrogens is 392 g/mol. The van der Waals surface area contributed by atoms with Gasteiger partial charge in [-0.2, -0.15) is 0 Å². The van der Waals surface area contributed by atoms with Gasteiger partial charge in [0.1, 0.15) is 10.9 Å². The molecule has 0 radical (unpaired) electrons. The number of nitrogens with one attached hydrogen (secondary N) is 1. The Kier molecular flexibility index (Phi) is 6.65. The summed E-state index contributed by atoms with van der Waals surface area (Å²) in [5.74, 6) is 0.816. The average molecular weight is 421 g/mol. The minimum atomic E-state index is -0.204. The Balaban J connectivity index is 1.30. The number of likely N-dealkylation sites (tertiary alicyclic amines) is 1.